The molecule has 0 aliphatic rings. The maximum atomic E-state index is 12.5. The molecule has 0 spiro atoms. The summed E-state index contributed by atoms with van der Waals surface area (Å²) in [5.74, 6) is -0.247. The molecular weight excluding hydrogens is 499 g/mol. The highest BCUT2D eigenvalue weighted by atomic mass is 32.1. The number of aromatic nitrogens is 3. The van der Waals surface area contributed by atoms with Crippen LogP contribution in [-0.2, 0) is 16.6 Å². The number of nitrogens with one attached hydrogen (secondary N) is 2. The van der Waals surface area contributed by atoms with E-state index in [2.05, 4.69) is 31.9 Å². The Morgan fingerprint density at radius 2 is 2.11 bits per heavy atom. The molecule has 1 amide bonds. The van der Waals surface area contributed by atoms with Gasteiger partial charge in [-0.3, -0.25) is 4.79 Å². The minimum absolute atomic E-state index is 0.181. The number of amides is 1. The highest BCUT2D eigenvalue weighted by Crippen LogP contribution is 2.33. The van der Waals surface area contributed by atoms with E-state index >= 15 is 0 Å². The van der Waals surface area contributed by atoms with Gasteiger partial charge in [-0.2, -0.15) is 0 Å². The summed E-state index contributed by atoms with van der Waals surface area (Å²) >= 11 is 1.15. The molecule has 0 radical (unpaired) electrons. The smallest absolute Gasteiger partial charge is 0.406 e. The fourth-order valence-electron chi connectivity index (χ4n) is 3.06. The summed E-state index contributed by atoms with van der Waals surface area (Å²) < 4.78 is 48.9. The topological polar surface area (TPSA) is 111 Å². The monoisotopic (exact) mass is 525 g/mol. The largest absolute Gasteiger partial charge is 0.573 e. The van der Waals surface area contributed by atoms with Gasteiger partial charge in [0.25, 0.3) is 5.91 Å². The number of rotatable bonds is 11. The number of thiazole rings is 1. The number of fused-ring (bicyclic) bond motifs is 1. The number of aliphatic hydroxyl groups is 1. The van der Waals surface area contributed by atoms with Gasteiger partial charge in [0.15, 0.2) is 5.13 Å². The number of anilines is 2. The SMILES string of the molecule is C=C/C(=C\c1nc(Nc2nc3ccc(OC(F)(F)F)cc3s2)n(C)c1C)C(=O)NCCOCC(C)O. The average Bonchev–Trinajstić information content (AvgIpc) is 3.30. The van der Waals surface area contributed by atoms with E-state index in [-0.39, 0.29) is 31.4 Å². The summed E-state index contributed by atoms with van der Waals surface area (Å²) in [6, 6.07) is 3.92. The Bertz CT molecular complexity index is 1270. The minimum Gasteiger partial charge on any atom is -0.406 e. The zero-order valence-electron chi connectivity index (χ0n) is 19.8. The molecule has 36 heavy (non-hydrogen) atoms. The number of nitrogens with zero attached hydrogens (tertiary/aromatic N) is 3. The van der Waals surface area contributed by atoms with E-state index in [1.165, 1.54) is 24.3 Å². The molecule has 3 aromatic rings. The molecule has 3 rings (SSSR count). The standard InChI is InChI=1S/C23H26F3N5O4S/c1-5-15(20(33)27-8-9-34-12-13(2)32)10-18-14(3)31(4)21(28-18)30-22-29-17-7-6-16(11-19(17)36-22)35-23(24,25)26/h5-7,10-11,13,32H,1,8-9,12H2,2-4H3,(H,27,33)(H,28,29,30)/b15-10+. The zero-order chi connectivity index (χ0) is 26.5. The first-order valence-electron chi connectivity index (χ1n) is 10.8. The summed E-state index contributed by atoms with van der Waals surface area (Å²) in [5.41, 5.74) is 2.09. The first-order valence-corrected chi connectivity index (χ1v) is 11.6. The molecule has 0 saturated carbocycles. The number of ether oxygens (including phenoxy) is 2. The Kier molecular flexibility index (Phi) is 8.71. The fraction of sp³-hybridized carbons (Fsp3) is 0.348. The summed E-state index contributed by atoms with van der Waals surface area (Å²) in [6.45, 7) is 7.82. The molecule has 0 bridgehead atoms. The van der Waals surface area contributed by atoms with Crippen LogP contribution in [0.1, 0.15) is 18.3 Å². The molecule has 194 valence electrons. The van der Waals surface area contributed by atoms with Crippen molar-refractivity contribution in [3.63, 3.8) is 0 Å². The predicted octanol–water partition coefficient (Wildman–Crippen LogP) is 4.06. The number of hydrogen-bond donors (Lipinski definition) is 3. The van der Waals surface area contributed by atoms with Crippen molar-refractivity contribution in [3.8, 4) is 5.75 Å². The van der Waals surface area contributed by atoms with Crippen molar-refractivity contribution < 1.29 is 32.5 Å². The predicted molar refractivity (Wildman–Crippen MR) is 131 cm³/mol. The number of alkyl halides is 3. The number of halogens is 3. The molecule has 0 aliphatic carbocycles. The third kappa shape index (κ3) is 7.29. The van der Waals surface area contributed by atoms with Crippen molar-refractivity contribution in [2.75, 3.05) is 25.1 Å². The van der Waals surface area contributed by atoms with Crippen molar-refractivity contribution in [2.24, 2.45) is 7.05 Å². The van der Waals surface area contributed by atoms with Crippen LogP contribution >= 0.6 is 11.3 Å². The molecule has 3 N–H and O–H groups in total. The average molecular weight is 526 g/mol. The van der Waals surface area contributed by atoms with Gasteiger partial charge in [-0.25, -0.2) is 9.97 Å². The Hall–Kier alpha value is -3.42. The van der Waals surface area contributed by atoms with E-state index in [1.54, 1.807) is 24.6 Å². The fourth-order valence-corrected chi connectivity index (χ4v) is 3.95. The molecule has 1 unspecified atom stereocenters. The second-order valence-corrected chi connectivity index (χ2v) is 8.80. The van der Waals surface area contributed by atoms with Gasteiger partial charge < -0.3 is 29.8 Å². The molecule has 0 fully saturated rings. The van der Waals surface area contributed by atoms with E-state index in [1.807, 2.05) is 6.92 Å². The maximum Gasteiger partial charge on any atom is 0.573 e. The lowest BCUT2D eigenvalue weighted by molar-refractivity contribution is -0.274. The van der Waals surface area contributed by atoms with E-state index in [0.717, 1.165) is 17.0 Å². The molecule has 0 aliphatic heterocycles. The first-order chi connectivity index (χ1) is 17.0. The molecule has 13 heteroatoms. The van der Waals surface area contributed by atoms with Gasteiger partial charge in [0, 0.05) is 30.9 Å². The highest BCUT2D eigenvalue weighted by Gasteiger charge is 2.31. The molecule has 2 heterocycles. The summed E-state index contributed by atoms with van der Waals surface area (Å²) in [4.78, 5) is 21.4. The Morgan fingerprint density at radius 3 is 2.78 bits per heavy atom. The third-order valence-corrected chi connectivity index (χ3v) is 5.83. The number of aliphatic hydroxyl groups excluding tert-OH is 1. The van der Waals surface area contributed by atoms with Crippen LogP contribution in [0.3, 0.4) is 0 Å². The van der Waals surface area contributed by atoms with Crippen LogP contribution in [0.25, 0.3) is 16.3 Å². The third-order valence-electron chi connectivity index (χ3n) is 4.90. The van der Waals surface area contributed by atoms with Crippen molar-refractivity contribution in [2.45, 2.75) is 26.3 Å². The number of carbonyl (C=O) groups is 1. The van der Waals surface area contributed by atoms with Gasteiger partial charge in [0.05, 0.1) is 35.2 Å². The Balaban J connectivity index is 1.72. The molecule has 2 aromatic heterocycles. The normalized spacial score (nSPS) is 13.0. The second-order valence-electron chi connectivity index (χ2n) is 7.77. The minimum atomic E-state index is -4.78. The van der Waals surface area contributed by atoms with Gasteiger partial charge in [-0.05, 0) is 32.1 Å². The second kappa shape index (κ2) is 11.5. The first kappa shape index (κ1) is 27.2. The van der Waals surface area contributed by atoms with Gasteiger partial charge in [0.1, 0.15) is 5.75 Å². The van der Waals surface area contributed by atoms with Crippen molar-refractivity contribution in [1.29, 1.82) is 0 Å². The molecule has 1 atom stereocenters. The number of hydrogen-bond acceptors (Lipinski definition) is 8. The Labute approximate surface area is 209 Å². The van der Waals surface area contributed by atoms with Gasteiger partial charge >= 0.3 is 6.36 Å². The molecular formula is C23H26F3N5O4S. The van der Waals surface area contributed by atoms with E-state index in [0.29, 0.717) is 32.6 Å². The van der Waals surface area contributed by atoms with Crippen LogP contribution in [0.2, 0.25) is 0 Å². The van der Waals surface area contributed by atoms with Gasteiger partial charge in [0.2, 0.25) is 5.95 Å². The maximum absolute atomic E-state index is 12.5. The van der Waals surface area contributed by atoms with Crippen LogP contribution in [0.5, 0.6) is 5.75 Å². The molecule has 1 aromatic carbocycles. The van der Waals surface area contributed by atoms with E-state index < -0.39 is 12.5 Å². The Morgan fingerprint density at radius 1 is 1.36 bits per heavy atom. The summed E-state index contributed by atoms with van der Waals surface area (Å²) in [6.07, 6.45) is -2.34. The van der Waals surface area contributed by atoms with Gasteiger partial charge in [-0.15, -0.1) is 13.2 Å². The highest BCUT2D eigenvalue weighted by molar-refractivity contribution is 7.22. The van der Waals surface area contributed by atoms with Gasteiger partial charge in [-0.1, -0.05) is 24.0 Å². The van der Waals surface area contributed by atoms with Crippen LogP contribution in [-0.4, -0.2) is 57.8 Å². The van der Waals surface area contributed by atoms with Crippen molar-refractivity contribution in [3.05, 3.63) is 47.8 Å². The number of benzene rings is 1. The van der Waals surface area contributed by atoms with Crippen molar-refractivity contribution >= 4 is 44.6 Å². The van der Waals surface area contributed by atoms with Crippen LogP contribution in [0.15, 0.2) is 36.4 Å². The van der Waals surface area contributed by atoms with Crippen LogP contribution in [0.4, 0.5) is 24.3 Å². The van der Waals surface area contributed by atoms with E-state index in [4.69, 9.17) is 4.74 Å². The quantitative estimate of drug-likeness (QED) is 0.197. The molecule has 0 saturated heterocycles. The summed E-state index contributed by atoms with van der Waals surface area (Å²) in [5, 5.41) is 15.4. The lowest BCUT2D eigenvalue weighted by atomic mass is 10.2. The van der Waals surface area contributed by atoms with Crippen molar-refractivity contribution in [1.82, 2.24) is 19.9 Å². The number of imidazole rings is 1. The van der Waals surface area contributed by atoms with Crippen LogP contribution in [0, 0.1) is 6.92 Å². The van der Waals surface area contributed by atoms with E-state index in [9.17, 15) is 23.1 Å². The zero-order valence-corrected chi connectivity index (χ0v) is 20.7. The molecule has 9 nitrogen and oxygen atoms in total. The lowest BCUT2D eigenvalue weighted by Crippen LogP contribution is -2.28. The van der Waals surface area contributed by atoms with Crippen LogP contribution < -0.4 is 15.4 Å². The number of carbonyl (C=O) groups excluding carboxylic acids is 1. The summed E-state index contributed by atoms with van der Waals surface area (Å²) in [7, 11) is 1.78. The lowest BCUT2D eigenvalue weighted by Gasteiger charge is -2.08.